The molecule has 0 bridgehead atoms. The molecule has 0 saturated heterocycles. The standard InChI is InChI=1S/C12H18N2OS/c1-3-4-5-8-12(15)14-13-10(2)11-7-6-9-16-11/h6-7,9H,3-5,8H2,1-2H3,(H,14,15). The van der Waals surface area contributed by atoms with Crippen LogP contribution in [0.5, 0.6) is 0 Å². The van der Waals surface area contributed by atoms with Gasteiger partial charge in [0.15, 0.2) is 0 Å². The molecular formula is C12H18N2OS. The zero-order valence-corrected chi connectivity index (χ0v) is 10.6. The van der Waals surface area contributed by atoms with E-state index in [1.807, 2.05) is 24.4 Å². The number of nitrogens with one attached hydrogen (secondary N) is 1. The first-order chi connectivity index (χ1) is 7.74. The average Bonchev–Trinajstić information content (AvgIpc) is 2.79. The first-order valence-electron chi connectivity index (χ1n) is 5.61. The summed E-state index contributed by atoms with van der Waals surface area (Å²) in [7, 11) is 0. The van der Waals surface area contributed by atoms with Gasteiger partial charge in [-0.2, -0.15) is 5.10 Å². The van der Waals surface area contributed by atoms with Gasteiger partial charge in [0.2, 0.25) is 5.91 Å². The molecule has 0 aromatic carbocycles. The van der Waals surface area contributed by atoms with Crippen molar-refractivity contribution in [2.24, 2.45) is 5.10 Å². The van der Waals surface area contributed by atoms with Crippen LogP contribution in [0.25, 0.3) is 0 Å². The van der Waals surface area contributed by atoms with E-state index in [4.69, 9.17) is 0 Å². The second kappa shape index (κ2) is 7.17. The third-order valence-electron chi connectivity index (χ3n) is 2.23. The second-order valence-electron chi connectivity index (χ2n) is 3.67. The second-order valence-corrected chi connectivity index (χ2v) is 4.61. The Balaban J connectivity index is 2.32. The summed E-state index contributed by atoms with van der Waals surface area (Å²) in [4.78, 5) is 12.5. The predicted molar refractivity (Wildman–Crippen MR) is 68.8 cm³/mol. The lowest BCUT2D eigenvalue weighted by atomic mass is 10.2. The number of rotatable bonds is 6. The number of hydrogen-bond acceptors (Lipinski definition) is 3. The molecule has 0 fully saturated rings. The highest BCUT2D eigenvalue weighted by atomic mass is 32.1. The normalized spacial score (nSPS) is 11.5. The monoisotopic (exact) mass is 238 g/mol. The molecule has 0 spiro atoms. The summed E-state index contributed by atoms with van der Waals surface area (Å²) in [6.45, 7) is 4.02. The molecule has 1 aromatic rings. The largest absolute Gasteiger partial charge is 0.273 e. The van der Waals surface area contributed by atoms with Gasteiger partial charge in [0, 0.05) is 11.3 Å². The molecule has 1 aromatic heterocycles. The highest BCUT2D eigenvalue weighted by molar-refractivity contribution is 7.12. The van der Waals surface area contributed by atoms with Crippen LogP contribution in [-0.2, 0) is 4.79 Å². The maximum Gasteiger partial charge on any atom is 0.240 e. The molecule has 1 amide bonds. The number of hydrazone groups is 1. The number of carbonyl (C=O) groups excluding carboxylic acids is 1. The van der Waals surface area contributed by atoms with E-state index in [0.29, 0.717) is 6.42 Å². The third kappa shape index (κ3) is 4.57. The summed E-state index contributed by atoms with van der Waals surface area (Å²) in [5.41, 5.74) is 3.45. The molecule has 0 saturated carbocycles. The van der Waals surface area contributed by atoms with Crippen LogP contribution < -0.4 is 5.43 Å². The van der Waals surface area contributed by atoms with Crippen molar-refractivity contribution >= 4 is 23.0 Å². The molecule has 0 aliphatic rings. The maximum absolute atomic E-state index is 11.4. The van der Waals surface area contributed by atoms with Crippen LogP contribution in [0.15, 0.2) is 22.6 Å². The first-order valence-corrected chi connectivity index (χ1v) is 6.49. The molecule has 0 atom stereocenters. The lowest BCUT2D eigenvalue weighted by Crippen LogP contribution is -2.18. The van der Waals surface area contributed by atoms with Crippen LogP contribution in [0.1, 0.15) is 44.4 Å². The smallest absolute Gasteiger partial charge is 0.240 e. The third-order valence-corrected chi connectivity index (χ3v) is 3.21. The summed E-state index contributed by atoms with van der Waals surface area (Å²) in [5, 5.41) is 6.07. The van der Waals surface area contributed by atoms with Gasteiger partial charge >= 0.3 is 0 Å². The predicted octanol–water partition coefficient (Wildman–Crippen LogP) is 3.17. The van der Waals surface area contributed by atoms with E-state index in [2.05, 4.69) is 17.5 Å². The lowest BCUT2D eigenvalue weighted by Gasteiger charge is -2.00. The molecule has 3 nitrogen and oxygen atoms in total. The summed E-state index contributed by atoms with van der Waals surface area (Å²) in [6, 6.07) is 3.97. The van der Waals surface area contributed by atoms with Crippen LogP contribution in [0, 0.1) is 0 Å². The lowest BCUT2D eigenvalue weighted by molar-refractivity contribution is -0.121. The Labute approximate surface area is 101 Å². The van der Waals surface area contributed by atoms with E-state index >= 15 is 0 Å². The molecule has 16 heavy (non-hydrogen) atoms. The van der Waals surface area contributed by atoms with Gasteiger partial charge in [-0.3, -0.25) is 4.79 Å². The van der Waals surface area contributed by atoms with Crippen molar-refractivity contribution in [3.8, 4) is 0 Å². The summed E-state index contributed by atoms with van der Waals surface area (Å²) in [6.07, 6.45) is 3.73. The zero-order valence-electron chi connectivity index (χ0n) is 9.82. The number of thiophene rings is 1. The number of nitrogens with zero attached hydrogens (tertiary/aromatic N) is 1. The van der Waals surface area contributed by atoms with Gasteiger partial charge in [-0.15, -0.1) is 11.3 Å². The zero-order chi connectivity index (χ0) is 11.8. The summed E-state index contributed by atoms with van der Waals surface area (Å²) in [5.74, 6) is 0.00403. The van der Waals surface area contributed by atoms with Crippen LogP contribution in [0.3, 0.4) is 0 Å². The van der Waals surface area contributed by atoms with Crippen LogP contribution in [-0.4, -0.2) is 11.6 Å². The van der Waals surface area contributed by atoms with Crippen LogP contribution in [0.4, 0.5) is 0 Å². The maximum atomic E-state index is 11.4. The Morgan fingerprint density at radius 3 is 2.94 bits per heavy atom. The van der Waals surface area contributed by atoms with Crippen molar-refractivity contribution in [1.29, 1.82) is 0 Å². The molecular weight excluding hydrogens is 220 g/mol. The first kappa shape index (κ1) is 12.9. The van der Waals surface area contributed by atoms with Crippen molar-refractivity contribution in [3.05, 3.63) is 22.4 Å². The Morgan fingerprint density at radius 2 is 2.31 bits per heavy atom. The van der Waals surface area contributed by atoms with Crippen LogP contribution in [0.2, 0.25) is 0 Å². The Kier molecular flexibility index (Phi) is 5.78. The van der Waals surface area contributed by atoms with E-state index in [-0.39, 0.29) is 5.91 Å². The topological polar surface area (TPSA) is 41.5 Å². The van der Waals surface area contributed by atoms with Crippen LogP contribution >= 0.6 is 11.3 Å². The molecule has 4 heteroatoms. The van der Waals surface area contributed by atoms with E-state index in [0.717, 1.165) is 29.9 Å². The molecule has 1 N–H and O–H groups in total. The number of hydrogen-bond donors (Lipinski definition) is 1. The van der Waals surface area contributed by atoms with Gasteiger partial charge in [-0.25, -0.2) is 5.43 Å². The number of carbonyl (C=O) groups is 1. The fourth-order valence-electron chi connectivity index (χ4n) is 1.28. The van der Waals surface area contributed by atoms with Crippen molar-refractivity contribution in [3.63, 3.8) is 0 Å². The fraction of sp³-hybridized carbons (Fsp3) is 0.500. The van der Waals surface area contributed by atoms with Crippen molar-refractivity contribution < 1.29 is 4.79 Å². The van der Waals surface area contributed by atoms with Crippen molar-refractivity contribution in [1.82, 2.24) is 5.43 Å². The molecule has 88 valence electrons. The number of unbranched alkanes of at least 4 members (excludes halogenated alkanes) is 2. The van der Waals surface area contributed by atoms with E-state index in [1.54, 1.807) is 11.3 Å². The van der Waals surface area contributed by atoms with Gasteiger partial charge in [-0.05, 0) is 24.8 Å². The molecule has 0 aliphatic heterocycles. The van der Waals surface area contributed by atoms with Gasteiger partial charge < -0.3 is 0 Å². The molecule has 0 unspecified atom stereocenters. The molecule has 0 radical (unpaired) electrons. The van der Waals surface area contributed by atoms with Crippen molar-refractivity contribution in [2.45, 2.75) is 39.5 Å². The van der Waals surface area contributed by atoms with Gasteiger partial charge in [0.05, 0.1) is 5.71 Å². The summed E-state index contributed by atoms with van der Waals surface area (Å²) >= 11 is 1.62. The molecule has 1 heterocycles. The molecule has 1 rings (SSSR count). The average molecular weight is 238 g/mol. The highest BCUT2D eigenvalue weighted by Crippen LogP contribution is 2.09. The Morgan fingerprint density at radius 1 is 1.50 bits per heavy atom. The van der Waals surface area contributed by atoms with Gasteiger partial charge in [0.25, 0.3) is 0 Å². The van der Waals surface area contributed by atoms with E-state index in [9.17, 15) is 4.79 Å². The Bertz CT molecular complexity index is 344. The van der Waals surface area contributed by atoms with E-state index < -0.39 is 0 Å². The fourth-order valence-corrected chi connectivity index (χ4v) is 1.95. The summed E-state index contributed by atoms with van der Waals surface area (Å²) < 4.78 is 0. The minimum atomic E-state index is 0.00403. The Hall–Kier alpha value is -1.16. The van der Waals surface area contributed by atoms with Crippen molar-refractivity contribution in [2.75, 3.05) is 0 Å². The highest BCUT2D eigenvalue weighted by Gasteiger charge is 2.01. The molecule has 0 aliphatic carbocycles. The van der Waals surface area contributed by atoms with Gasteiger partial charge in [-0.1, -0.05) is 25.8 Å². The SMILES string of the molecule is CCCCCC(=O)NN=C(C)c1cccs1. The van der Waals surface area contributed by atoms with Gasteiger partial charge in [0.1, 0.15) is 0 Å². The van der Waals surface area contributed by atoms with E-state index in [1.165, 1.54) is 0 Å². The minimum Gasteiger partial charge on any atom is -0.273 e. The number of amides is 1. The quantitative estimate of drug-likeness (QED) is 0.461. The minimum absolute atomic E-state index is 0.00403.